The lowest BCUT2D eigenvalue weighted by Crippen LogP contribution is -2.17. The highest BCUT2D eigenvalue weighted by Crippen LogP contribution is 2.28. The van der Waals surface area contributed by atoms with Crippen molar-refractivity contribution in [2.75, 3.05) is 5.32 Å². The molecule has 4 aromatic rings. The van der Waals surface area contributed by atoms with Gasteiger partial charge in [-0.2, -0.15) is 0 Å². The van der Waals surface area contributed by atoms with E-state index in [1.807, 2.05) is 30.3 Å². The number of hydrogen-bond acceptors (Lipinski definition) is 4. The molecule has 0 radical (unpaired) electrons. The fourth-order valence-corrected chi connectivity index (χ4v) is 3.06. The largest absolute Gasteiger partial charge is 0.508 e. The monoisotopic (exact) mass is 417 g/mol. The van der Waals surface area contributed by atoms with E-state index in [0.29, 0.717) is 17.0 Å². The van der Waals surface area contributed by atoms with E-state index in [1.54, 1.807) is 24.3 Å². The first-order valence-electron chi connectivity index (χ1n) is 9.45. The van der Waals surface area contributed by atoms with Crippen LogP contribution in [-0.2, 0) is 11.2 Å². The molecular weight excluding hydrogens is 400 g/mol. The fourth-order valence-electron chi connectivity index (χ4n) is 3.06. The molecule has 3 aromatic carbocycles. The minimum atomic E-state index is -1.01. The highest BCUT2D eigenvalue weighted by molar-refractivity contribution is 5.94. The molecule has 2 N–H and O–H groups in total. The molecule has 0 atom stereocenters. The van der Waals surface area contributed by atoms with Crippen LogP contribution in [0.2, 0.25) is 0 Å². The van der Waals surface area contributed by atoms with E-state index in [-0.39, 0.29) is 18.0 Å². The van der Waals surface area contributed by atoms with Crippen LogP contribution in [0.25, 0.3) is 22.5 Å². The van der Waals surface area contributed by atoms with Crippen molar-refractivity contribution in [3.8, 4) is 28.3 Å². The van der Waals surface area contributed by atoms with Gasteiger partial charge in [0.2, 0.25) is 5.91 Å². The average Bonchev–Trinajstić information content (AvgIpc) is 2.78. The van der Waals surface area contributed by atoms with E-state index in [1.165, 1.54) is 12.3 Å². The number of anilines is 1. The van der Waals surface area contributed by atoms with Crippen LogP contribution in [0.4, 0.5) is 14.6 Å². The molecule has 4 rings (SSSR count). The number of nitrogens with zero attached hydrogens (tertiary/aromatic N) is 2. The quantitative estimate of drug-likeness (QED) is 0.481. The topological polar surface area (TPSA) is 75.1 Å². The molecule has 1 aromatic heterocycles. The van der Waals surface area contributed by atoms with E-state index in [4.69, 9.17) is 0 Å². The van der Waals surface area contributed by atoms with Gasteiger partial charge in [0, 0.05) is 11.1 Å². The van der Waals surface area contributed by atoms with Gasteiger partial charge < -0.3 is 10.4 Å². The number of phenolic OH excluding ortho intramolecular Hbond substituents is 1. The summed E-state index contributed by atoms with van der Waals surface area (Å²) in [6.07, 6.45) is 1.37. The molecule has 154 valence electrons. The summed E-state index contributed by atoms with van der Waals surface area (Å²) in [6, 6.07) is 19.1. The third-order valence-electron chi connectivity index (χ3n) is 4.59. The third-order valence-corrected chi connectivity index (χ3v) is 4.59. The summed E-state index contributed by atoms with van der Waals surface area (Å²) in [5.74, 6) is -2.02. The van der Waals surface area contributed by atoms with Gasteiger partial charge in [-0.3, -0.25) is 4.79 Å². The second kappa shape index (κ2) is 8.71. The second-order valence-electron chi connectivity index (χ2n) is 6.84. The Morgan fingerprint density at radius 2 is 1.65 bits per heavy atom. The first-order valence-corrected chi connectivity index (χ1v) is 9.45. The van der Waals surface area contributed by atoms with E-state index >= 15 is 0 Å². The van der Waals surface area contributed by atoms with E-state index in [2.05, 4.69) is 15.3 Å². The van der Waals surface area contributed by atoms with Crippen molar-refractivity contribution in [3.05, 3.63) is 96.2 Å². The van der Waals surface area contributed by atoms with Gasteiger partial charge in [0.15, 0.2) is 17.5 Å². The number of rotatable bonds is 5. The molecule has 0 saturated carbocycles. The number of benzene rings is 3. The molecule has 7 heteroatoms. The Kier molecular flexibility index (Phi) is 5.66. The Balaban J connectivity index is 1.65. The zero-order valence-electron chi connectivity index (χ0n) is 16.2. The Bertz CT molecular complexity index is 1230. The summed E-state index contributed by atoms with van der Waals surface area (Å²) in [5.41, 5.74) is 2.87. The van der Waals surface area contributed by atoms with Crippen molar-refractivity contribution in [1.29, 1.82) is 0 Å². The predicted molar refractivity (Wildman–Crippen MR) is 113 cm³/mol. The summed E-state index contributed by atoms with van der Waals surface area (Å²) in [5, 5.41) is 12.2. The standard InChI is InChI=1S/C24H17F2N3O2/c25-19-11-6-15(12-20(19)26)13-22(31)29-24-23(17-4-2-1-3-5-17)28-21(14-27-24)16-7-9-18(30)10-8-16/h1-12,14,30H,13H2,(H,27,29,31). The van der Waals surface area contributed by atoms with Gasteiger partial charge >= 0.3 is 0 Å². The van der Waals surface area contributed by atoms with Crippen molar-refractivity contribution in [3.63, 3.8) is 0 Å². The summed E-state index contributed by atoms with van der Waals surface area (Å²) < 4.78 is 26.5. The van der Waals surface area contributed by atoms with Gasteiger partial charge in [-0.25, -0.2) is 18.7 Å². The van der Waals surface area contributed by atoms with Crippen LogP contribution in [0, 0.1) is 11.6 Å². The molecule has 0 aliphatic carbocycles. The molecule has 31 heavy (non-hydrogen) atoms. The normalized spacial score (nSPS) is 10.6. The molecule has 0 saturated heterocycles. The first kappa shape index (κ1) is 20.2. The molecule has 0 aliphatic rings. The molecule has 5 nitrogen and oxygen atoms in total. The molecule has 0 unspecified atom stereocenters. The van der Waals surface area contributed by atoms with Gasteiger partial charge in [-0.05, 0) is 42.0 Å². The van der Waals surface area contributed by atoms with Crippen LogP contribution in [0.15, 0.2) is 79.0 Å². The van der Waals surface area contributed by atoms with Crippen LogP contribution < -0.4 is 5.32 Å². The Morgan fingerprint density at radius 1 is 0.903 bits per heavy atom. The van der Waals surface area contributed by atoms with Gasteiger partial charge in [0.25, 0.3) is 0 Å². The minimum Gasteiger partial charge on any atom is -0.508 e. The molecule has 0 bridgehead atoms. The number of aromatic hydroxyl groups is 1. The average molecular weight is 417 g/mol. The Labute approximate surface area is 177 Å². The summed E-state index contributed by atoms with van der Waals surface area (Å²) in [7, 11) is 0. The maximum Gasteiger partial charge on any atom is 0.230 e. The predicted octanol–water partition coefficient (Wildman–Crippen LogP) is 4.98. The molecular formula is C24H17F2N3O2. The number of halogens is 2. The smallest absolute Gasteiger partial charge is 0.230 e. The zero-order valence-corrected chi connectivity index (χ0v) is 16.2. The van der Waals surface area contributed by atoms with Gasteiger partial charge in [0.05, 0.1) is 18.3 Å². The molecule has 0 fully saturated rings. The summed E-state index contributed by atoms with van der Waals surface area (Å²) in [4.78, 5) is 21.6. The zero-order chi connectivity index (χ0) is 21.8. The minimum absolute atomic E-state index is 0.140. The molecule has 0 aliphatic heterocycles. The van der Waals surface area contributed by atoms with Crippen molar-refractivity contribution >= 4 is 11.7 Å². The maximum absolute atomic E-state index is 13.4. The van der Waals surface area contributed by atoms with E-state index in [9.17, 15) is 18.7 Å². The maximum atomic E-state index is 13.4. The highest BCUT2D eigenvalue weighted by Gasteiger charge is 2.15. The Morgan fingerprint density at radius 3 is 2.35 bits per heavy atom. The van der Waals surface area contributed by atoms with Crippen LogP contribution in [0.3, 0.4) is 0 Å². The van der Waals surface area contributed by atoms with Gasteiger partial charge in [-0.15, -0.1) is 0 Å². The van der Waals surface area contributed by atoms with Gasteiger partial charge in [0.1, 0.15) is 11.4 Å². The van der Waals surface area contributed by atoms with Crippen molar-refractivity contribution in [1.82, 2.24) is 9.97 Å². The number of hydrogen-bond donors (Lipinski definition) is 2. The van der Waals surface area contributed by atoms with Crippen molar-refractivity contribution < 1.29 is 18.7 Å². The highest BCUT2D eigenvalue weighted by atomic mass is 19.2. The lowest BCUT2D eigenvalue weighted by atomic mass is 10.1. The number of amides is 1. The number of carbonyl (C=O) groups excluding carboxylic acids is 1. The first-order chi connectivity index (χ1) is 15.0. The van der Waals surface area contributed by atoms with Crippen molar-refractivity contribution in [2.24, 2.45) is 0 Å². The van der Waals surface area contributed by atoms with Crippen molar-refractivity contribution in [2.45, 2.75) is 6.42 Å². The third kappa shape index (κ3) is 4.72. The second-order valence-corrected chi connectivity index (χ2v) is 6.84. The number of phenols is 1. The number of nitrogens with one attached hydrogen (secondary N) is 1. The lowest BCUT2D eigenvalue weighted by Gasteiger charge is -2.12. The van der Waals surface area contributed by atoms with E-state index < -0.39 is 17.5 Å². The van der Waals surface area contributed by atoms with Crippen LogP contribution in [-0.4, -0.2) is 21.0 Å². The number of aromatic nitrogens is 2. The Hall–Kier alpha value is -4.13. The van der Waals surface area contributed by atoms with Crippen LogP contribution in [0.5, 0.6) is 5.75 Å². The van der Waals surface area contributed by atoms with Crippen LogP contribution in [0.1, 0.15) is 5.56 Å². The fraction of sp³-hybridized carbons (Fsp3) is 0.0417. The summed E-state index contributed by atoms with van der Waals surface area (Å²) >= 11 is 0. The number of carbonyl (C=O) groups is 1. The SMILES string of the molecule is O=C(Cc1ccc(F)c(F)c1)Nc1ncc(-c2ccc(O)cc2)nc1-c1ccccc1. The summed E-state index contributed by atoms with van der Waals surface area (Å²) in [6.45, 7) is 0. The molecule has 0 spiro atoms. The van der Waals surface area contributed by atoms with Gasteiger partial charge in [-0.1, -0.05) is 36.4 Å². The van der Waals surface area contributed by atoms with E-state index in [0.717, 1.165) is 23.3 Å². The molecule has 1 amide bonds. The lowest BCUT2D eigenvalue weighted by molar-refractivity contribution is -0.115. The molecule has 1 heterocycles. The van der Waals surface area contributed by atoms with Crippen LogP contribution >= 0.6 is 0 Å².